The fourth-order valence-electron chi connectivity index (χ4n) is 4.79. The summed E-state index contributed by atoms with van der Waals surface area (Å²) in [6, 6.07) is 1.25. The van der Waals surface area contributed by atoms with Crippen molar-refractivity contribution >= 4 is 21.6 Å². The predicted molar refractivity (Wildman–Crippen MR) is 114 cm³/mol. The highest BCUT2D eigenvalue weighted by molar-refractivity contribution is 7.91. The van der Waals surface area contributed by atoms with Crippen molar-refractivity contribution in [3.05, 3.63) is 34.5 Å². The third kappa shape index (κ3) is 3.41. The Kier molecular flexibility index (Phi) is 4.63. The molecule has 3 N–H and O–H groups in total. The maximum absolute atomic E-state index is 14.1. The summed E-state index contributed by atoms with van der Waals surface area (Å²) >= 11 is 0. The molecular weight excluding hydrogens is 421 g/mol. The Bertz CT molecular complexity index is 1220. The normalized spacial score (nSPS) is 25.4. The zero-order chi connectivity index (χ0) is 22.0. The van der Waals surface area contributed by atoms with Crippen molar-refractivity contribution in [2.75, 3.05) is 5.32 Å². The first-order valence-electron chi connectivity index (χ1n) is 10.6. The van der Waals surface area contributed by atoms with Crippen LogP contribution in [0.5, 0.6) is 5.88 Å². The number of fused-ring (bicyclic) bond motifs is 3. The predicted octanol–water partition coefficient (Wildman–Crippen LogP) is 3.30. The first-order valence-corrected chi connectivity index (χ1v) is 12.2. The molecule has 5 rings (SSSR count). The number of nitrogens with one attached hydrogen (secondary N) is 1. The van der Waals surface area contributed by atoms with Gasteiger partial charge in [-0.3, -0.25) is 0 Å². The molecule has 0 bridgehead atoms. The van der Waals surface area contributed by atoms with Gasteiger partial charge in [0.15, 0.2) is 9.92 Å². The van der Waals surface area contributed by atoms with Gasteiger partial charge in [-0.1, -0.05) is 13.0 Å². The first kappa shape index (κ1) is 20.4. The van der Waals surface area contributed by atoms with Crippen LogP contribution in [-0.4, -0.2) is 31.8 Å². The topological polar surface area (TPSA) is 112 Å². The average molecular weight is 448 g/mol. The smallest absolute Gasteiger partial charge is 0.354 e. The number of amides is 2. The summed E-state index contributed by atoms with van der Waals surface area (Å²) in [4.78, 5) is 12.9. The van der Waals surface area contributed by atoms with Crippen LogP contribution in [0.4, 0.5) is 14.9 Å². The van der Waals surface area contributed by atoms with E-state index < -0.39 is 27.7 Å². The number of hydrogen-bond acceptors (Lipinski definition) is 4. The molecule has 0 unspecified atom stereocenters. The molecule has 1 aliphatic heterocycles. The van der Waals surface area contributed by atoms with Crippen LogP contribution in [0.25, 0.3) is 0 Å². The van der Waals surface area contributed by atoms with Crippen LogP contribution in [0.1, 0.15) is 48.9 Å². The van der Waals surface area contributed by atoms with E-state index in [-0.39, 0.29) is 17.2 Å². The molecule has 10 heteroatoms. The fraction of sp³-hybridized carbons (Fsp3) is 0.524. The molecule has 2 aromatic rings. The highest BCUT2D eigenvalue weighted by atomic mass is 32.2. The number of aromatic nitrogens is 2. The second kappa shape index (κ2) is 7.03. The number of ether oxygens (including phenoxy) is 1. The highest BCUT2D eigenvalue weighted by Crippen LogP contribution is 2.40. The molecular formula is C21H26FN5O3S. The molecule has 166 valence electrons. The summed E-state index contributed by atoms with van der Waals surface area (Å²) in [5, 5.41) is 13.0. The van der Waals surface area contributed by atoms with Crippen LogP contribution in [0, 0.1) is 0 Å². The fourth-order valence-corrected chi connectivity index (χ4v) is 5.78. The van der Waals surface area contributed by atoms with Gasteiger partial charge in [0.05, 0.1) is 12.7 Å². The number of aryl methyl sites for hydroxylation is 1. The molecule has 31 heavy (non-hydrogen) atoms. The second-order valence-corrected chi connectivity index (χ2v) is 10.6. The number of benzene rings is 1. The van der Waals surface area contributed by atoms with Gasteiger partial charge in [0, 0.05) is 18.5 Å². The molecule has 2 heterocycles. The van der Waals surface area contributed by atoms with Gasteiger partial charge in [0.25, 0.3) is 0 Å². The van der Waals surface area contributed by atoms with Gasteiger partial charge >= 0.3 is 6.03 Å². The minimum atomic E-state index is -3.58. The van der Waals surface area contributed by atoms with E-state index >= 15 is 0 Å². The Morgan fingerprint density at radius 2 is 2.23 bits per heavy atom. The van der Waals surface area contributed by atoms with E-state index in [1.165, 1.54) is 6.20 Å². The van der Waals surface area contributed by atoms with Crippen molar-refractivity contribution in [2.45, 2.75) is 75.6 Å². The Morgan fingerprint density at radius 1 is 1.42 bits per heavy atom. The van der Waals surface area contributed by atoms with E-state index in [2.05, 4.69) is 20.8 Å². The zero-order valence-corrected chi connectivity index (χ0v) is 18.4. The summed E-state index contributed by atoms with van der Waals surface area (Å²) in [7, 11) is -3.58. The molecule has 0 radical (unpaired) electrons. The number of alkyl halides is 1. The van der Waals surface area contributed by atoms with Crippen LogP contribution in [0.3, 0.4) is 0 Å². The van der Waals surface area contributed by atoms with E-state index in [1.54, 1.807) is 4.68 Å². The Balaban J connectivity index is 1.47. The van der Waals surface area contributed by atoms with Crippen molar-refractivity contribution in [2.24, 2.45) is 9.50 Å². The van der Waals surface area contributed by atoms with Crippen molar-refractivity contribution in [3.8, 4) is 5.88 Å². The second-order valence-electron chi connectivity index (χ2n) is 8.85. The monoisotopic (exact) mass is 447 g/mol. The molecule has 0 saturated heterocycles. The maximum Gasteiger partial charge on any atom is 0.354 e. The molecule has 1 aromatic carbocycles. The van der Waals surface area contributed by atoms with Crippen molar-refractivity contribution in [1.82, 2.24) is 9.78 Å². The van der Waals surface area contributed by atoms with Crippen molar-refractivity contribution in [1.29, 1.82) is 0 Å². The van der Waals surface area contributed by atoms with E-state index in [4.69, 9.17) is 9.88 Å². The van der Waals surface area contributed by atoms with Gasteiger partial charge in [0.2, 0.25) is 5.88 Å². The number of carbonyl (C=O) groups excluding carboxylic acids is 1. The molecule has 8 nitrogen and oxygen atoms in total. The molecule has 3 atom stereocenters. The SMILES string of the molecule is CC[C@@]1(C)Cn2ncc([S@](N)(=O)=NC(=O)Nc3c4c(cc5c3C[C@H](F)C5)CCC4)c2O1. The zero-order valence-electron chi connectivity index (χ0n) is 17.6. The van der Waals surface area contributed by atoms with Crippen LogP contribution >= 0.6 is 0 Å². The van der Waals surface area contributed by atoms with E-state index in [0.717, 1.165) is 47.9 Å². The molecule has 1 aromatic heterocycles. The van der Waals surface area contributed by atoms with Gasteiger partial charge in [-0.15, -0.1) is 4.36 Å². The molecule has 2 amide bonds. The van der Waals surface area contributed by atoms with Crippen molar-refractivity contribution < 1.29 is 18.1 Å². The summed E-state index contributed by atoms with van der Waals surface area (Å²) < 4.78 is 38.6. The standard InChI is InChI=1S/C21H26FN5O3S/c1-3-21(2)11-27-19(30-21)17(10-24-27)31(23,29)26-20(28)25-18-15-6-4-5-12(15)7-13-8-14(22)9-16(13)18/h7,10,14H,3-6,8-9,11H2,1-2H3,(H3,23,25,26,28,29)/t14-,21+,31-/m1/s1. The summed E-state index contributed by atoms with van der Waals surface area (Å²) in [5.74, 6) is 0.287. The largest absolute Gasteiger partial charge is 0.469 e. The van der Waals surface area contributed by atoms with E-state index in [0.29, 0.717) is 18.7 Å². The van der Waals surface area contributed by atoms with Gasteiger partial charge in [-0.2, -0.15) is 5.10 Å². The number of halogens is 1. The number of nitrogens with two attached hydrogens (primary N) is 1. The third-order valence-corrected chi connectivity index (χ3v) is 7.91. The lowest BCUT2D eigenvalue weighted by molar-refractivity contribution is 0.105. The number of rotatable bonds is 3. The number of urea groups is 1. The van der Waals surface area contributed by atoms with Crippen LogP contribution in [-0.2, 0) is 42.1 Å². The van der Waals surface area contributed by atoms with Crippen LogP contribution in [0.2, 0.25) is 0 Å². The Labute approximate surface area is 180 Å². The van der Waals surface area contributed by atoms with Crippen LogP contribution in [0.15, 0.2) is 21.5 Å². The molecule has 2 aliphatic carbocycles. The molecule has 0 spiro atoms. The summed E-state index contributed by atoms with van der Waals surface area (Å²) in [6.07, 6.45) is 4.44. The van der Waals surface area contributed by atoms with Crippen LogP contribution < -0.4 is 15.2 Å². The highest BCUT2D eigenvalue weighted by Gasteiger charge is 2.38. The van der Waals surface area contributed by atoms with Gasteiger partial charge < -0.3 is 10.1 Å². The lowest BCUT2D eigenvalue weighted by atomic mass is 9.99. The third-order valence-electron chi connectivity index (χ3n) is 6.57. The quantitative estimate of drug-likeness (QED) is 0.752. The molecule has 0 saturated carbocycles. The summed E-state index contributed by atoms with van der Waals surface area (Å²) in [5.41, 5.74) is 4.05. The number of anilines is 1. The molecule has 0 fully saturated rings. The van der Waals surface area contributed by atoms with Gasteiger partial charge in [-0.05, 0) is 54.9 Å². The Hall–Kier alpha value is -2.46. The maximum atomic E-state index is 14.1. The Morgan fingerprint density at radius 3 is 3.00 bits per heavy atom. The van der Waals surface area contributed by atoms with E-state index in [1.807, 2.05) is 13.8 Å². The van der Waals surface area contributed by atoms with Crippen molar-refractivity contribution in [3.63, 3.8) is 0 Å². The van der Waals surface area contributed by atoms with Gasteiger partial charge in [0.1, 0.15) is 16.7 Å². The minimum absolute atomic E-state index is 0.104. The van der Waals surface area contributed by atoms with Gasteiger partial charge in [-0.25, -0.2) is 23.2 Å². The minimum Gasteiger partial charge on any atom is -0.469 e. The number of carbonyl (C=O) groups is 1. The van der Waals surface area contributed by atoms with E-state index in [9.17, 15) is 13.4 Å². The average Bonchev–Trinajstić information content (AvgIpc) is 3.43. The number of nitrogens with zero attached hydrogens (tertiary/aromatic N) is 3. The molecule has 3 aliphatic rings. The summed E-state index contributed by atoms with van der Waals surface area (Å²) in [6.45, 7) is 4.43. The first-order chi connectivity index (χ1) is 14.7. The lowest BCUT2D eigenvalue weighted by Gasteiger charge is -2.20. The number of hydrogen-bond donors (Lipinski definition) is 2. The lowest BCUT2D eigenvalue weighted by Crippen LogP contribution is -2.30.